The average molecular weight is 316 g/mol. The molecule has 2 aromatic rings. The van der Waals surface area contributed by atoms with Crippen LogP contribution in [0.15, 0.2) is 42.6 Å². The first kappa shape index (κ1) is 15.7. The minimum atomic E-state index is -0.261. The van der Waals surface area contributed by atoms with Crippen molar-refractivity contribution in [1.82, 2.24) is 9.88 Å². The van der Waals surface area contributed by atoms with Crippen molar-refractivity contribution in [3.05, 3.63) is 54.0 Å². The summed E-state index contributed by atoms with van der Waals surface area (Å²) in [7, 11) is 1.64. The molecule has 1 aliphatic rings. The number of hydrogen-bond donors (Lipinski definition) is 0. The Morgan fingerprint density at radius 3 is 2.78 bits per heavy atom. The number of benzene rings is 1. The lowest BCUT2D eigenvalue weighted by molar-refractivity contribution is 0.0960. The van der Waals surface area contributed by atoms with Crippen LogP contribution in [-0.4, -0.2) is 36.2 Å². The third-order valence-electron chi connectivity index (χ3n) is 4.07. The summed E-state index contributed by atoms with van der Waals surface area (Å²) < 4.78 is 24.4. The summed E-state index contributed by atoms with van der Waals surface area (Å²) in [6.45, 7) is 2.71. The molecule has 122 valence electrons. The Hall–Kier alpha value is -2.14. The lowest BCUT2D eigenvalue weighted by Crippen LogP contribution is -2.37. The molecule has 0 bridgehead atoms. The highest BCUT2D eigenvalue weighted by Gasteiger charge is 2.21. The molecule has 1 aliphatic heterocycles. The van der Waals surface area contributed by atoms with Crippen molar-refractivity contribution in [2.45, 2.75) is 25.5 Å². The molecule has 23 heavy (non-hydrogen) atoms. The molecule has 0 N–H and O–H groups in total. The van der Waals surface area contributed by atoms with Gasteiger partial charge in [0.05, 0.1) is 7.11 Å². The van der Waals surface area contributed by atoms with E-state index >= 15 is 0 Å². The molecule has 0 radical (unpaired) electrons. The van der Waals surface area contributed by atoms with Crippen LogP contribution in [0.2, 0.25) is 0 Å². The SMILES string of the molecule is COc1ncccc1CN1CCC(Oc2cccc(F)c2)CC1. The summed E-state index contributed by atoms with van der Waals surface area (Å²) >= 11 is 0. The largest absolute Gasteiger partial charge is 0.490 e. The maximum Gasteiger partial charge on any atom is 0.217 e. The van der Waals surface area contributed by atoms with Crippen LogP contribution < -0.4 is 9.47 Å². The molecule has 0 unspecified atom stereocenters. The van der Waals surface area contributed by atoms with Gasteiger partial charge < -0.3 is 9.47 Å². The van der Waals surface area contributed by atoms with Gasteiger partial charge in [0.2, 0.25) is 5.88 Å². The zero-order chi connectivity index (χ0) is 16.1. The van der Waals surface area contributed by atoms with Gasteiger partial charge in [-0.25, -0.2) is 9.37 Å². The number of pyridine rings is 1. The first-order valence-electron chi connectivity index (χ1n) is 7.87. The number of aromatic nitrogens is 1. The molecule has 0 saturated carbocycles. The van der Waals surface area contributed by atoms with Crippen molar-refractivity contribution in [3.8, 4) is 11.6 Å². The van der Waals surface area contributed by atoms with Crippen LogP contribution in [0.3, 0.4) is 0 Å². The summed E-state index contributed by atoms with van der Waals surface area (Å²) in [4.78, 5) is 6.60. The lowest BCUT2D eigenvalue weighted by atomic mass is 10.1. The number of likely N-dealkylation sites (tertiary alicyclic amines) is 1. The third kappa shape index (κ3) is 4.20. The van der Waals surface area contributed by atoms with E-state index in [2.05, 4.69) is 9.88 Å². The summed E-state index contributed by atoms with van der Waals surface area (Å²) in [5.74, 6) is 1.03. The first-order valence-corrected chi connectivity index (χ1v) is 7.87. The second-order valence-corrected chi connectivity index (χ2v) is 5.72. The van der Waals surface area contributed by atoms with Gasteiger partial charge in [-0.1, -0.05) is 12.1 Å². The Bertz CT molecular complexity index is 642. The number of halogens is 1. The van der Waals surface area contributed by atoms with Gasteiger partial charge in [0.15, 0.2) is 0 Å². The van der Waals surface area contributed by atoms with Crippen LogP contribution in [0.1, 0.15) is 18.4 Å². The fourth-order valence-electron chi connectivity index (χ4n) is 2.89. The summed E-state index contributed by atoms with van der Waals surface area (Å²) in [6.07, 6.45) is 3.74. The molecule has 1 fully saturated rings. The molecule has 1 aromatic heterocycles. The maximum absolute atomic E-state index is 13.2. The van der Waals surface area contributed by atoms with Crippen molar-refractivity contribution >= 4 is 0 Å². The van der Waals surface area contributed by atoms with Gasteiger partial charge in [-0.15, -0.1) is 0 Å². The number of piperidine rings is 1. The minimum absolute atomic E-state index is 0.142. The molecule has 2 heterocycles. The van der Waals surface area contributed by atoms with Crippen LogP contribution in [0.5, 0.6) is 11.6 Å². The molecule has 3 rings (SSSR count). The number of nitrogens with zero attached hydrogens (tertiary/aromatic N) is 2. The normalized spacial score (nSPS) is 16.3. The Morgan fingerprint density at radius 2 is 2.04 bits per heavy atom. The van der Waals surface area contributed by atoms with Crippen LogP contribution in [0.4, 0.5) is 4.39 Å². The van der Waals surface area contributed by atoms with Gasteiger partial charge in [0.25, 0.3) is 0 Å². The zero-order valence-corrected chi connectivity index (χ0v) is 13.2. The molecule has 1 aromatic carbocycles. The highest BCUT2D eigenvalue weighted by atomic mass is 19.1. The van der Waals surface area contributed by atoms with E-state index in [9.17, 15) is 4.39 Å². The molecular weight excluding hydrogens is 295 g/mol. The smallest absolute Gasteiger partial charge is 0.217 e. The van der Waals surface area contributed by atoms with Gasteiger partial charge in [-0.05, 0) is 31.0 Å². The van der Waals surface area contributed by atoms with Crippen LogP contribution >= 0.6 is 0 Å². The van der Waals surface area contributed by atoms with E-state index in [1.807, 2.05) is 12.1 Å². The number of hydrogen-bond acceptors (Lipinski definition) is 4. The minimum Gasteiger partial charge on any atom is -0.490 e. The molecule has 0 amide bonds. The Labute approximate surface area is 135 Å². The van der Waals surface area contributed by atoms with Gasteiger partial charge in [0, 0.05) is 37.5 Å². The number of ether oxygens (including phenoxy) is 2. The Kier molecular flexibility index (Phi) is 5.08. The van der Waals surface area contributed by atoms with E-state index in [4.69, 9.17) is 9.47 Å². The molecule has 4 nitrogen and oxygen atoms in total. The topological polar surface area (TPSA) is 34.6 Å². The van der Waals surface area contributed by atoms with E-state index in [0.717, 1.165) is 38.0 Å². The second-order valence-electron chi connectivity index (χ2n) is 5.72. The van der Waals surface area contributed by atoms with E-state index in [0.29, 0.717) is 11.6 Å². The monoisotopic (exact) mass is 316 g/mol. The zero-order valence-electron chi connectivity index (χ0n) is 13.2. The van der Waals surface area contributed by atoms with E-state index in [1.54, 1.807) is 25.4 Å². The third-order valence-corrected chi connectivity index (χ3v) is 4.07. The lowest BCUT2D eigenvalue weighted by Gasteiger charge is -2.32. The summed E-state index contributed by atoms with van der Waals surface area (Å²) in [5, 5.41) is 0. The maximum atomic E-state index is 13.2. The number of methoxy groups -OCH3 is 1. The Morgan fingerprint density at radius 1 is 1.22 bits per heavy atom. The van der Waals surface area contributed by atoms with Gasteiger partial charge >= 0.3 is 0 Å². The molecule has 5 heteroatoms. The number of rotatable bonds is 5. The van der Waals surface area contributed by atoms with Crippen LogP contribution in [0, 0.1) is 5.82 Å². The fraction of sp³-hybridized carbons (Fsp3) is 0.389. The van der Waals surface area contributed by atoms with Crippen LogP contribution in [0.25, 0.3) is 0 Å². The predicted molar refractivity (Wildman–Crippen MR) is 86.1 cm³/mol. The fourth-order valence-corrected chi connectivity index (χ4v) is 2.89. The van der Waals surface area contributed by atoms with E-state index < -0.39 is 0 Å². The predicted octanol–water partition coefficient (Wildman–Crippen LogP) is 3.27. The first-order chi connectivity index (χ1) is 11.2. The quantitative estimate of drug-likeness (QED) is 0.848. The summed E-state index contributed by atoms with van der Waals surface area (Å²) in [6, 6.07) is 10.3. The van der Waals surface area contributed by atoms with Crippen molar-refractivity contribution in [2.24, 2.45) is 0 Å². The molecule has 0 atom stereocenters. The molecular formula is C18H21FN2O2. The van der Waals surface area contributed by atoms with Crippen molar-refractivity contribution < 1.29 is 13.9 Å². The van der Waals surface area contributed by atoms with Gasteiger partial charge in [-0.3, -0.25) is 4.90 Å². The Balaban J connectivity index is 1.52. The van der Waals surface area contributed by atoms with E-state index in [-0.39, 0.29) is 11.9 Å². The highest BCUT2D eigenvalue weighted by molar-refractivity contribution is 5.25. The average Bonchev–Trinajstić information content (AvgIpc) is 2.57. The molecule has 0 aliphatic carbocycles. The molecule has 0 spiro atoms. The van der Waals surface area contributed by atoms with Crippen molar-refractivity contribution in [1.29, 1.82) is 0 Å². The van der Waals surface area contributed by atoms with Gasteiger partial charge in [0.1, 0.15) is 17.7 Å². The van der Waals surface area contributed by atoms with Crippen LogP contribution in [-0.2, 0) is 6.54 Å². The van der Waals surface area contributed by atoms with Crippen molar-refractivity contribution in [3.63, 3.8) is 0 Å². The van der Waals surface area contributed by atoms with Gasteiger partial charge in [-0.2, -0.15) is 0 Å². The summed E-state index contributed by atoms with van der Waals surface area (Å²) in [5.41, 5.74) is 1.10. The second kappa shape index (κ2) is 7.42. The highest BCUT2D eigenvalue weighted by Crippen LogP contribution is 2.22. The van der Waals surface area contributed by atoms with Crippen molar-refractivity contribution in [2.75, 3.05) is 20.2 Å². The van der Waals surface area contributed by atoms with E-state index in [1.165, 1.54) is 12.1 Å². The standard InChI is InChI=1S/C18H21FN2O2/c1-22-18-14(4-3-9-20-18)13-21-10-7-16(8-11-21)23-17-6-2-5-15(19)12-17/h2-6,9,12,16H,7-8,10-11,13H2,1H3. The molecule has 1 saturated heterocycles.